The number of hydrogen-bond acceptors (Lipinski definition) is 3. The summed E-state index contributed by atoms with van der Waals surface area (Å²) in [4.78, 5) is 17.2. The molecule has 1 aliphatic heterocycles. The number of nitrogens with zero attached hydrogens (tertiary/aromatic N) is 2. The van der Waals surface area contributed by atoms with Gasteiger partial charge in [-0.1, -0.05) is 11.6 Å². The maximum atomic E-state index is 14.2. The van der Waals surface area contributed by atoms with Crippen molar-refractivity contribution in [1.82, 2.24) is 9.88 Å². The van der Waals surface area contributed by atoms with E-state index in [9.17, 15) is 13.6 Å². The fourth-order valence-electron chi connectivity index (χ4n) is 2.38. The normalized spacial score (nSPS) is 21.5. The van der Waals surface area contributed by atoms with E-state index in [-0.39, 0.29) is 18.2 Å². The van der Waals surface area contributed by atoms with E-state index in [1.807, 2.05) is 0 Å². The maximum absolute atomic E-state index is 14.2. The van der Waals surface area contributed by atoms with Gasteiger partial charge >= 0.3 is 6.09 Å². The minimum absolute atomic E-state index is 0.0305. The molecule has 1 aromatic heterocycles. The van der Waals surface area contributed by atoms with Crippen LogP contribution in [0.4, 0.5) is 13.6 Å². The van der Waals surface area contributed by atoms with Crippen LogP contribution in [0, 0.1) is 0 Å². The van der Waals surface area contributed by atoms with Crippen molar-refractivity contribution in [2.45, 2.75) is 44.6 Å². The third-order valence-corrected chi connectivity index (χ3v) is 3.64. The van der Waals surface area contributed by atoms with Gasteiger partial charge in [-0.2, -0.15) is 0 Å². The number of pyridine rings is 1. The van der Waals surface area contributed by atoms with E-state index >= 15 is 0 Å². The van der Waals surface area contributed by atoms with Crippen molar-refractivity contribution in [3.63, 3.8) is 0 Å². The average molecular weight is 333 g/mol. The molecule has 1 fully saturated rings. The summed E-state index contributed by atoms with van der Waals surface area (Å²) in [6, 6.07) is 2.92. The molecule has 0 aromatic carbocycles. The Morgan fingerprint density at radius 2 is 2.18 bits per heavy atom. The summed E-state index contributed by atoms with van der Waals surface area (Å²) in [6.45, 7) is 5.08. The second kappa shape index (κ2) is 5.99. The molecule has 0 aliphatic carbocycles. The second-order valence-corrected chi connectivity index (χ2v) is 6.79. The molecular formula is C15H19ClF2N2O2. The minimum Gasteiger partial charge on any atom is -0.444 e. The molecule has 7 heteroatoms. The molecule has 0 bridgehead atoms. The summed E-state index contributed by atoms with van der Waals surface area (Å²) in [5, 5.41) is 0.155. The highest BCUT2D eigenvalue weighted by atomic mass is 35.5. The predicted molar refractivity (Wildman–Crippen MR) is 79.4 cm³/mol. The van der Waals surface area contributed by atoms with E-state index in [4.69, 9.17) is 16.3 Å². The first-order valence-electron chi connectivity index (χ1n) is 7.06. The van der Waals surface area contributed by atoms with Gasteiger partial charge in [0, 0.05) is 25.7 Å². The lowest BCUT2D eigenvalue weighted by Gasteiger charge is -2.39. The molecular weight excluding hydrogens is 314 g/mol. The Kier molecular flexibility index (Phi) is 4.61. The van der Waals surface area contributed by atoms with Crippen molar-refractivity contribution in [2.75, 3.05) is 13.1 Å². The molecule has 0 saturated carbocycles. The van der Waals surface area contributed by atoms with E-state index in [0.717, 1.165) is 0 Å². The fourth-order valence-corrected chi connectivity index (χ4v) is 2.56. The zero-order valence-corrected chi connectivity index (χ0v) is 13.5. The molecule has 2 rings (SSSR count). The Morgan fingerprint density at radius 3 is 2.77 bits per heavy atom. The number of ether oxygens (including phenoxy) is 1. The maximum Gasteiger partial charge on any atom is 0.410 e. The third-order valence-electron chi connectivity index (χ3n) is 3.43. The summed E-state index contributed by atoms with van der Waals surface area (Å²) in [5.74, 6) is -4.02. The van der Waals surface area contributed by atoms with Gasteiger partial charge in [0.2, 0.25) is 0 Å². The molecule has 4 nitrogen and oxygen atoms in total. The summed E-state index contributed by atoms with van der Waals surface area (Å²) in [5.41, 5.74) is -0.287. The first-order chi connectivity index (χ1) is 10.1. The van der Waals surface area contributed by atoms with Gasteiger partial charge in [-0.05, 0) is 38.5 Å². The van der Waals surface area contributed by atoms with Gasteiger partial charge in [0.25, 0.3) is 5.92 Å². The van der Waals surface area contributed by atoms with Crippen LogP contribution < -0.4 is 0 Å². The molecule has 1 unspecified atom stereocenters. The van der Waals surface area contributed by atoms with Crippen LogP contribution in [0.15, 0.2) is 18.3 Å². The zero-order chi connectivity index (χ0) is 16.5. The van der Waals surface area contributed by atoms with Crippen molar-refractivity contribution in [1.29, 1.82) is 0 Å². The van der Waals surface area contributed by atoms with Gasteiger partial charge in [-0.25, -0.2) is 18.6 Å². The number of halogens is 3. The molecule has 1 amide bonds. The van der Waals surface area contributed by atoms with Gasteiger partial charge in [0.05, 0.1) is 5.92 Å². The SMILES string of the molecule is CC(C)(C)OC(=O)N1CCC(F)(F)C(c2ccnc(Cl)c2)C1. The van der Waals surface area contributed by atoms with Crippen LogP contribution in [0.2, 0.25) is 5.15 Å². The monoisotopic (exact) mass is 332 g/mol. The summed E-state index contributed by atoms with van der Waals surface area (Å²) in [6.07, 6.45) is 0.407. The number of carbonyl (C=O) groups is 1. The van der Waals surface area contributed by atoms with Crippen molar-refractivity contribution >= 4 is 17.7 Å². The zero-order valence-electron chi connectivity index (χ0n) is 12.8. The highest BCUT2D eigenvalue weighted by Crippen LogP contribution is 2.40. The molecule has 1 atom stereocenters. The number of rotatable bonds is 1. The van der Waals surface area contributed by atoms with Gasteiger partial charge in [-0.3, -0.25) is 0 Å². The van der Waals surface area contributed by atoms with Crippen LogP contribution >= 0.6 is 11.6 Å². The van der Waals surface area contributed by atoms with Gasteiger partial charge < -0.3 is 9.64 Å². The van der Waals surface area contributed by atoms with Crippen molar-refractivity contribution in [2.24, 2.45) is 0 Å². The first-order valence-corrected chi connectivity index (χ1v) is 7.43. The van der Waals surface area contributed by atoms with Gasteiger partial charge in [0.15, 0.2) is 0 Å². The largest absolute Gasteiger partial charge is 0.444 e. The summed E-state index contributed by atoms with van der Waals surface area (Å²) in [7, 11) is 0. The molecule has 1 aliphatic rings. The second-order valence-electron chi connectivity index (χ2n) is 6.40. The highest BCUT2D eigenvalue weighted by molar-refractivity contribution is 6.29. The Hall–Kier alpha value is -1.43. The highest BCUT2D eigenvalue weighted by Gasteiger charge is 2.46. The van der Waals surface area contributed by atoms with Gasteiger partial charge in [0.1, 0.15) is 10.8 Å². The van der Waals surface area contributed by atoms with Crippen molar-refractivity contribution in [3.8, 4) is 0 Å². The molecule has 0 spiro atoms. The standard InChI is InChI=1S/C15H19ClF2N2O2/c1-14(2,3)22-13(21)20-7-5-15(17,18)11(9-20)10-4-6-19-12(16)8-10/h4,6,8,11H,5,7,9H2,1-3H3. The fraction of sp³-hybridized carbons (Fsp3) is 0.600. The molecule has 1 aromatic rings. The lowest BCUT2D eigenvalue weighted by Crippen LogP contribution is -2.49. The van der Waals surface area contributed by atoms with Crippen LogP contribution in [-0.4, -0.2) is 40.6 Å². The van der Waals surface area contributed by atoms with E-state index in [1.165, 1.54) is 23.2 Å². The third kappa shape index (κ3) is 4.06. The van der Waals surface area contributed by atoms with E-state index in [1.54, 1.807) is 20.8 Å². The number of likely N-dealkylation sites (tertiary alicyclic amines) is 1. The Morgan fingerprint density at radius 1 is 1.50 bits per heavy atom. The lowest BCUT2D eigenvalue weighted by molar-refractivity contribution is -0.0771. The number of piperidine rings is 1. The number of hydrogen-bond donors (Lipinski definition) is 0. The van der Waals surface area contributed by atoms with Crippen LogP contribution in [-0.2, 0) is 4.74 Å². The van der Waals surface area contributed by atoms with E-state index in [2.05, 4.69) is 4.98 Å². The van der Waals surface area contributed by atoms with Crippen LogP contribution in [0.5, 0.6) is 0 Å². The van der Waals surface area contributed by atoms with E-state index in [0.29, 0.717) is 5.56 Å². The lowest BCUT2D eigenvalue weighted by atomic mass is 9.88. The van der Waals surface area contributed by atoms with E-state index < -0.39 is 30.0 Å². The van der Waals surface area contributed by atoms with Crippen molar-refractivity contribution < 1.29 is 18.3 Å². The van der Waals surface area contributed by atoms with Crippen LogP contribution in [0.3, 0.4) is 0 Å². The van der Waals surface area contributed by atoms with Crippen LogP contribution in [0.25, 0.3) is 0 Å². The summed E-state index contributed by atoms with van der Waals surface area (Å²) >= 11 is 5.78. The number of aromatic nitrogens is 1. The number of amides is 1. The first kappa shape index (κ1) is 16.9. The molecule has 2 heterocycles. The number of carbonyl (C=O) groups excluding carboxylic acids is 1. The molecule has 122 valence electrons. The molecule has 0 N–H and O–H groups in total. The van der Waals surface area contributed by atoms with Crippen molar-refractivity contribution in [3.05, 3.63) is 29.0 Å². The van der Waals surface area contributed by atoms with Gasteiger partial charge in [-0.15, -0.1) is 0 Å². The quantitative estimate of drug-likeness (QED) is 0.727. The Bertz CT molecular complexity index is 561. The Labute approximate surface area is 133 Å². The molecule has 1 saturated heterocycles. The predicted octanol–water partition coefficient (Wildman–Crippen LogP) is 4.09. The van der Waals surface area contributed by atoms with Crippen LogP contribution in [0.1, 0.15) is 38.7 Å². The molecule has 0 radical (unpaired) electrons. The molecule has 22 heavy (non-hydrogen) atoms. The Balaban J connectivity index is 2.19. The average Bonchev–Trinajstić information content (AvgIpc) is 2.36. The minimum atomic E-state index is -2.90. The summed E-state index contributed by atoms with van der Waals surface area (Å²) < 4.78 is 33.7. The number of alkyl halides is 2. The topological polar surface area (TPSA) is 42.4 Å². The smallest absolute Gasteiger partial charge is 0.410 e.